The Labute approximate surface area is 150 Å². The van der Waals surface area contributed by atoms with Crippen LogP contribution in [-0.4, -0.2) is 23.0 Å². The molecule has 2 aromatic carbocycles. The first-order valence-corrected chi connectivity index (χ1v) is 7.88. The van der Waals surface area contributed by atoms with Gasteiger partial charge in [0.15, 0.2) is 0 Å². The molecule has 1 aromatic heterocycles. The van der Waals surface area contributed by atoms with Crippen molar-refractivity contribution in [1.82, 2.24) is 9.97 Å². The van der Waals surface area contributed by atoms with Gasteiger partial charge >= 0.3 is 5.97 Å². The molecule has 0 aliphatic heterocycles. The maximum Gasteiger partial charge on any atom is 0.339 e. The van der Waals surface area contributed by atoms with E-state index in [1.807, 2.05) is 6.92 Å². The Kier molecular flexibility index (Phi) is 5.07. The minimum absolute atomic E-state index is 0.309. The second-order valence-corrected chi connectivity index (χ2v) is 5.51. The maximum absolute atomic E-state index is 13.0. The summed E-state index contributed by atoms with van der Waals surface area (Å²) in [6.07, 6.45) is 0. The lowest BCUT2D eigenvalue weighted by Gasteiger charge is -2.12. The number of ether oxygens (including phenoxy) is 1. The van der Waals surface area contributed by atoms with Crippen LogP contribution < -0.4 is 10.6 Å². The van der Waals surface area contributed by atoms with Gasteiger partial charge in [0.25, 0.3) is 0 Å². The zero-order valence-corrected chi connectivity index (χ0v) is 14.3. The first kappa shape index (κ1) is 17.3. The van der Waals surface area contributed by atoms with Crippen LogP contribution in [0.15, 0.2) is 54.6 Å². The second-order valence-electron chi connectivity index (χ2n) is 5.51. The van der Waals surface area contributed by atoms with Crippen LogP contribution in [0.25, 0.3) is 0 Å². The van der Waals surface area contributed by atoms with E-state index in [0.29, 0.717) is 28.7 Å². The van der Waals surface area contributed by atoms with E-state index in [4.69, 9.17) is 4.74 Å². The highest BCUT2D eigenvalue weighted by Crippen LogP contribution is 2.22. The summed E-state index contributed by atoms with van der Waals surface area (Å²) in [4.78, 5) is 20.6. The summed E-state index contributed by atoms with van der Waals surface area (Å²) in [6.45, 7) is 1.83. The highest BCUT2D eigenvalue weighted by atomic mass is 19.1. The van der Waals surface area contributed by atoms with E-state index >= 15 is 0 Å². The number of para-hydroxylation sites is 1. The Morgan fingerprint density at radius 3 is 2.50 bits per heavy atom. The predicted molar refractivity (Wildman–Crippen MR) is 97.5 cm³/mol. The van der Waals surface area contributed by atoms with Crippen molar-refractivity contribution in [3.63, 3.8) is 0 Å². The molecule has 0 aliphatic carbocycles. The quantitative estimate of drug-likeness (QED) is 0.670. The van der Waals surface area contributed by atoms with Crippen molar-refractivity contribution in [3.8, 4) is 0 Å². The number of nitrogens with one attached hydrogen (secondary N) is 2. The fourth-order valence-corrected chi connectivity index (χ4v) is 2.37. The van der Waals surface area contributed by atoms with E-state index in [2.05, 4.69) is 20.6 Å². The molecule has 26 heavy (non-hydrogen) atoms. The second kappa shape index (κ2) is 7.60. The Hall–Kier alpha value is -3.48. The molecule has 6 nitrogen and oxygen atoms in total. The molecule has 0 amide bonds. The number of halogens is 1. The number of hydrogen-bond acceptors (Lipinski definition) is 6. The van der Waals surface area contributed by atoms with Gasteiger partial charge in [0.05, 0.1) is 18.4 Å². The van der Waals surface area contributed by atoms with Crippen LogP contribution in [0, 0.1) is 12.7 Å². The monoisotopic (exact) mass is 352 g/mol. The summed E-state index contributed by atoms with van der Waals surface area (Å²) in [5.74, 6) is 0.106. The molecule has 3 rings (SSSR count). The largest absolute Gasteiger partial charge is 0.465 e. The number of rotatable bonds is 5. The van der Waals surface area contributed by atoms with Crippen molar-refractivity contribution >= 4 is 29.1 Å². The summed E-state index contributed by atoms with van der Waals surface area (Å²) >= 11 is 0. The molecule has 0 saturated carbocycles. The van der Waals surface area contributed by atoms with E-state index in [1.165, 1.54) is 19.2 Å². The number of benzene rings is 2. The Bertz CT molecular complexity index is 929. The Balaban J connectivity index is 1.87. The summed E-state index contributed by atoms with van der Waals surface area (Å²) < 4.78 is 17.8. The van der Waals surface area contributed by atoms with Gasteiger partial charge in [-0.15, -0.1) is 0 Å². The molecule has 0 atom stereocenters. The number of anilines is 4. The number of carbonyl (C=O) groups is 1. The number of carbonyl (C=O) groups excluding carboxylic acids is 1. The molecule has 0 saturated heterocycles. The summed E-state index contributed by atoms with van der Waals surface area (Å²) in [5.41, 5.74) is 2.35. The molecule has 0 unspecified atom stereocenters. The zero-order valence-electron chi connectivity index (χ0n) is 14.3. The first-order valence-electron chi connectivity index (χ1n) is 7.88. The van der Waals surface area contributed by atoms with E-state index in [1.54, 1.807) is 42.5 Å². The zero-order chi connectivity index (χ0) is 18.5. The smallest absolute Gasteiger partial charge is 0.339 e. The lowest BCUT2D eigenvalue weighted by atomic mass is 10.2. The molecular weight excluding hydrogens is 335 g/mol. The molecular formula is C19H17FN4O2. The maximum atomic E-state index is 13.0. The molecule has 3 aromatic rings. The van der Waals surface area contributed by atoms with Gasteiger partial charge in [-0.3, -0.25) is 0 Å². The predicted octanol–water partition coefficient (Wildman–Crippen LogP) is 4.20. The standard InChI is InChI=1S/C19H17FN4O2/c1-12-11-17(22-14-9-7-13(20)8-10-14)24-19(21-12)23-16-6-4-3-5-15(16)18(25)26-2/h3-11H,1-2H3,(H2,21,22,23,24). The molecule has 0 radical (unpaired) electrons. The van der Waals surface area contributed by atoms with Crippen LogP contribution in [0.1, 0.15) is 16.1 Å². The minimum atomic E-state index is -0.453. The topological polar surface area (TPSA) is 76.1 Å². The van der Waals surface area contributed by atoms with E-state index in [0.717, 1.165) is 5.69 Å². The van der Waals surface area contributed by atoms with Gasteiger partial charge in [0.2, 0.25) is 5.95 Å². The van der Waals surface area contributed by atoms with Crippen molar-refractivity contribution < 1.29 is 13.9 Å². The van der Waals surface area contributed by atoms with E-state index < -0.39 is 5.97 Å². The van der Waals surface area contributed by atoms with Crippen LogP contribution in [0.3, 0.4) is 0 Å². The third kappa shape index (κ3) is 4.13. The van der Waals surface area contributed by atoms with Crippen molar-refractivity contribution in [2.24, 2.45) is 0 Å². The molecule has 0 spiro atoms. The van der Waals surface area contributed by atoms with Gasteiger partial charge in [-0.05, 0) is 43.3 Å². The Morgan fingerprint density at radius 1 is 1.04 bits per heavy atom. The Morgan fingerprint density at radius 2 is 1.77 bits per heavy atom. The van der Waals surface area contributed by atoms with Crippen molar-refractivity contribution in [2.75, 3.05) is 17.7 Å². The molecule has 0 fully saturated rings. The highest BCUT2D eigenvalue weighted by Gasteiger charge is 2.12. The third-order valence-electron chi connectivity index (χ3n) is 3.55. The molecule has 1 heterocycles. The average molecular weight is 352 g/mol. The number of hydrogen-bond donors (Lipinski definition) is 2. The minimum Gasteiger partial charge on any atom is -0.465 e. The van der Waals surface area contributed by atoms with Crippen molar-refractivity contribution in [3.05, 3.63) is 71.7 Å². The average Bonchev–Trinajstić information content (AvgIpc) is 2.63. The van der Waals surface area contributed by atoms with Gasteiger partial charge in [0, 0.05) is 17.4 Å². The van der Waals surface area contributed by atoms with Crippen LogP contribution >= 0.6 is 0 Å². The van der Waals surface area contributed by atoms with Crippen molar-refractivity contribution in [1.29, 1.82) is 0 Å². The lowest BCUT2D eigenvalue weighted by Crippen LogP contribution is -2.08. The van der Waals surface area contributed by atoms with Crippen LogP contribution in [0.5, 0.6) is 0 Å². The van der Waals surface area contributed by atoms with Crippen molar-refractivity contribution in [2.45, 2.75) is 6.92 Å². The van der Waals surface area contributed by atoms with Gasteiger partial charge in [-0.2, -0.15) is 4.98 Å². The van der Waals surface area contributed by atoms with Crippen LogP contribution in [0.2, 0.25) is 0 Å². The van der Waals surface area contributed by atoms with Gasteiger partial charge in [-0.25, -0.2) is 14.2 Å². The number of aryl methyl sites for hydroxylation is 1. The SMILES string of the molecule is COC(=O)c1ccccc1Nc1nc(C)cc(Nc2ccc(F)cc2)n1. The van der Waals surface area contributed by atoms with Gasteiger partial charge in [-0.1, -0.05) is 12.1 Å². The third-order valence-corrected chi connectivity index (χ3v) is 3.55. The highest BCUT2D eigenvalue weighted by molar-refractivity contribution is 5.96. The first-order chi connectivity index (χ1) is 12.5. The molecule has 0 bridgehead atoms. The van der Waals surface area contributed by atoms with Crippen LogP contribution in [-0.2, 0) is 4.74 Å². The van der Waals surface area contributed by atoms with Crippen LogP contribution in [0.4, 0.5) is 27.5 Å². The van der Waals surface area contributed by atoms with Gasteiger partial charge < -0.3 is 15.4 Å². The normalized spacial score (nSPS) is 10.3. The van der Waals surface area contributed by atoms with Gasteiger partial charge in [0.1, 0.15) is 11.6 Å². The number of esters is 1. The lowest BCUT2D eigenvalue weighted by molar-refractivity contribution is 0.0602. The molecule has 2 N–H and O–H groups in total. The molecule has 132 valence electrons. The van der Waals surface area contributed by atoms with E-state index in [9.17, 15) is 9.18 Å². The summed E-state index contributed by atoms with van der Waals surface area (Å²) in [6, 6.07) is 14.7. The van der Waals surface area contributed by atoms with E-state index in [-0.39, 0.29) is 5.82 Å². The summed E-state index contributed by atoms with van der Waals surface area (Å²) in [5, 5.41) is 6.14. The fraction of sp³-hybridized carbons (Fsp3) is 0.105. The fourth-order valence-electron chi connectivity index (χ4n) is 2.37. The number of aromatic nitrogens is 2. The number of nitrogens with zero attached hydrogens (tertiary/aromatic N) is 2. The summed E-state index contributed by atoms with van der Waals surface area (Å²) in [7, 11) is 1.33. The molecule has 0 aliphatic rings. The number of methoxy groups -OCH3 is 1. The molecule has 7 heteroatoms.